The summed E-state index contributed by atoms with van der Waals surface area (Å²) in [5.74, 6) is 0.415. The maximum Gasteiger partial charge on any atom is 0.158 e. The van der Waals surface area contributed by atoms with Gasteiger partial charge in [0.05, 0.1) is 0 Å². The lowest BCUT2D eigenvalue weighted by Gasteiger charge is -2.09. The molecule has 0 saturated heterocycles. The zero-order chi connectivity index (χ0) is 10.1. The van der Waals surface area contributed by atoms with Gasteiger partial charge in [-0.3, -0.25) is 4.79 Å². The van der Waals surface area contributed by atoms with Gasteiger partial charge in [-0.1, -0.05) is 36.4 Å². The molecule has 1 fully saturated rings. The highest BCUT2D eigenvalue weighted by atomic mass is 35.5. The Morgan fingerprint density at radius 3 is 2.57 bits per heavy atom. The maximum absolute atomic E-state index is 11.3. The van der Waals surface area contributed by atoms with Crippen molar-refractivity contribution >= 4 is 17.4 Å². The van der Waals surface area contributed by atoms with Crippen molar-refractivity contribution in [1.29, 1.82) is 0 Å². The summed E-state index contributed by atoms with van der Waals surface area (Å²) in [5.41, 5.74) is 1.80. The number of carbonyl (C=O) groups is 1. The van der Waals surface area contributed by atoms with Crippen LogP contribution < -0.4 is 0 Å². The topological polar surface area (TPSA) is 17.1 Å². The molecule has 0 radical (unpaired) electrons. The summed E-state index contributed by atoms with van der Waals surface area (Å²) in [5, 5.41) is 0.750. The second-order valence-electron chi connectivity index (χ2n) is 3.65. The standard InChI is InChI=1S/C12H11ClO/c1-8-6-9(7-12(8)14)10-4-2-3-5-11(10)13/h2-5,9H,1,6-7H2. The number of Topliss-reactive ketones (excluding diaryl/α,β-unsaturated/α-hetero) is 1. The van der Waals surface area contributed by atoms with Gasteiger partial charge in [-0.2, -0.15) is 0 Å². The van der Waals surface area contributed by atoms with E-state index >= 15 is 0 Å². The summed E-state index contributed by atoms with van der Waals surface area (Å²) < 4.78 is 0. The van der Waals surface area contributed by atoms with Gasteiger partial charge in [0, 0.05) is 11.4 Å². The smallest absolute Gasteiger partial charge is 0.158 e. The van der Waals surface area contributed by atoms with Crippen LogP contribution in [-0.2, 0) is 4.79 Å². The fraction of sp³-hybridized carbons (Fsp3) is 0.250. The maximum atomic E-state index is 11.3. The average molecular weight is 207 g/mol. The zero-order valence-corrected chi connectivity index (χ0v) is 8.55. The second kappa shape index (κ2) is 3.58. The van der Waals surface area contributed by atoms with Gasteiger partial charge in [-0.05, 0) is 29.5 Å². The van der Waals surface area contributed by atoms with Gasteiger partial charge in [0.2, 0.25) is 0 Å². The van der Waals surface area contributed by atoms with Gasteiger partial charge in [-0.15, -0.1) is 0 Å². The fourth-order valence-corrected chi connectivity index (χ4v) is 2.17. The van der Waals surface area contributed by atoms with E-state index < -0.39 is 0 Å². The van der Waals surface area contributed by atoms with E-state index in [1.807, 2.05) is 24.3 Å². The molecule has 0 amide bonds. The predicted molar refractivity (Wildman–Crippen MR) is 57.6 cm³/mol. The molecule has 0 N–H and O–H groups in total. The molecule has 0 aliphatic heterocycles. The van der Waals surface area contributed by atoms with Crippen LogP contribution in [0.2, 0.25) is 5.02 Å². The molecule has 1 aliphatic carbocycles. The Labute approximate surface area is 88.4 Å². The summed E-state index contributed by atoms with van der Waals surface area (Å²) in [6.07, 6.45) is 1.31. The lowest BCUT2D eigenvalue weighted by atomic mass is 9.97. The Morgan fingerprint density at radius 1 is 1.29 bits per heavy atom. The molecular formula is C12H11ClO. The molecule has 1 atom stereocenters. The Morgan fingerprint density at radius 2 is 2.00 bits per heavy atom. The van der Waals surface area contributed by atoms with E-state index in [2.05, 4.69) is 6.58 Å². The van der Waals surface area contributed by atoms with Crippen molar-refractivity contribution in [3.8, 4) is 0 Å². The molecule has 2 heteroatoms. The van der Waals surface area contributed by atoms with Gasteiger partial charge < -0.3 is 0 Å². The molecule has 0 spiro atoms. The molecule has 1 nitrogen and oxygen atoms in total. The fourth-order valence-electron chi connectivity index (χ4n) is 1.88. The monoisotopic (exact) mass is 206 g/mol. The summed E-state index contributed by atoms with van der Waals surface area (Å²) in [7, 11) is 0. The minimum Gasteiger partial charge on any atom is -0.295 e. The van der Waals surface area contributed by atoms with Gasteiger partial charge >= 0.3 is 0 Å². The lowest BCUT2D eigenvalue weighted by Crippen LogP contribution is -1.94. The van der Waals surface area contributed by atoms with E-state index in [0.717, 1.165) is 22.6 Å². The molecule has 0 heterocycles. The Bertz CT molecular complexity index is 379. The Hall–Kier alpha value is -1.08. The van der Waals surface area contributed by atoms with Crippen LogP contribution in [-0.4, -0.2) is 5.78 Å². The van der Waals surface area contributed by atoms with Gasteiger partial charge in [0.25, 0.3) is 0 Å². The zero-order valence-electron chi connectivity index (χ0n) is 7.79. The quantitative estimate of drug-likeness (QED) is 0.644. The lowest BCUT2D eigenvalue weighted by molar-refractivity contribution is -0.114. The third-order valence-corrected chi connectivity index (χ3v) is 3.01. The van der Waals surface area contributed by atoms with Crippen LogP contribution >= 0.6 is 11.6 Å². The molecule has 1 aromatic rings. The average Bonchev–Trinajstić information content (AvgIpc) is 2.48. The number of hydrogen-bond acceptors (Lipinski definition) is 1. The summed E-state index contributed by atoms with van der Waals surface area (Å²) in [6, 6.07) is 7.70. The summed E-state index contributed by atoms with van der Waals surface area (Å²) in [6.45, 7) is 3.75. The molecule has 14 heavy (non-hydrogen) atoms. The number of benzene rings is 1. The van der Waals surface area contributed by atoms with E-state index in [1.165, 1.54) is 0 Å². The van der Waals surface area contributed by atoms with Crippen LogP contribution in [0.5, 0.6) is 0 Å². The van der Waals surface area contributed by atoms with E-state index in [9.17, 15) is 4.79 Å². The highest BCUT2D eigenvalue weighted by molar-refractivity contribution is 6.31. The third kappa shape index (κ3) is 1.60. The van der Waals surface area contributed by atoms with Gasteiger partial charge in [0.1, 0.15) is 0 Å². The van der Waals surface area contributed by atoms with Crippen LogP contribution in [0.15, 0.2) is 36.4 Å². The number of hydrogen-bond donors (Lipinski definition) is 0. The first-order valence-corrected chi connectivity index (χ1v) is 5.01. The van der Waals surface area contributed by atoms with Crippen molar-refractivity contribution in [3.63, 3.8) is 0 Å². The molecule has 1 unspecified atom stereocenters. The number of allylic oxidation sites excluding steroid dienone is 1. The van der Waals surface area contributed by atoms with E-state index in [1.54, 1.807) is 0 Å². The molecule has 2 rings (SSSR count). The normalized spacial score (nSPS) is 21.6. The van der Waals surface area contributed by atoms with Crippen molar-refractivity contribution in [3.05, 3.63) is 47.0 Å². The van der Waals surface area contributed by atoms with E-state index in [-0.39, 0.29) is 11.7 Å². The van der Waals surface area contributed by atoms with Gasteiger partial charge in [0.15, 0.2) is 5.78 Å². The van der Waals surface area contributed by atoms with Crippen LogP contribution in [0.25, 0.3) is 0 Å². The first-order chi connectivity index (χ1) is 6.68. The van der Waals surface area contributed by atoms with E-state index in [4.69, 9.17) is 11.6 Å². The van der Waals surface area contributed by atoms with Crippen molar-refractivity contribution in [2.75, 3.05) is 0 Å². The molecule has 0 bridgehead atoms. The second-order valence-corrected chi connectivity index (χ2v) is 4.06. The number of ketones is 1. The first-order valence-electron chi connectivity index (χ1n) is 4.64. The first kappa shape index (κ1) is 9.47. The highest BCUT2D eigenvalue weighted by Crippen LogP contribution is 2.37. The molecule has 0 aromatic heterocycles. The molecule has 1 aromatic carbocycles. The molecule has 1 saturated carbocycles. The van der Waals surface area contributed by atoms with Crippen molar-refractivity contribution in [1.82, 2.24) is 0 Å². The van der Waals surface area contributed by atoms with E-state index in [0.29, 0.717) is 6.42 Å². The summed E-state index contributed by atoms with van der Waals surface area (Å²) in [4.78, 5) is 11.3. The minimum atomic E-state index is 0.176. The van der Waals surface area contributed by atoms with Crippen LogP contribution in [0.1, 0.15) is 24.3 Å². The number of halogens is 1. The highest BCUT2D eigenvalue weighted by Gasteiger charge is 2.27. The number of rotatable bonds is 1. The van der Waals surface area contributed by atoms with Crippen molar-refractivity contribution in [2.45, 2.75) is 18.8 Å². The van der Waals surface area contributed by atoms with Crippen molar-refractivity contribution < 1.29 is 4.79 Å². The van der Waals surface area contributed by atoms with Crippen LogP contribution in [0, 0.1) is 0 Å². The number of carbonyl (C=O) groups excluding carboxylic acids is 1. The largest absolute Gasteiger partial charge is 0.295 e. The molecule has 1 aliphatic rings. The summed E-state index contributed by atoms with van der Waals surface area (Å²) >= 11 is 6.06. The predicted octanol–water partition coefficient (Wildman–Crippen LogP) is 3.34. The van der Waals surface area contributed by atoms with Gasteiger partial charge in [-0.25, -0.2) is 0 Å². The Kier molecular flexibility index (Phi) is 2.42. The Balaban J connectivity index is 2.30. The minimum absolute atomic E-state index is 0.176. The SMILES string of the molecule is C=C1CC(c2ccccc2Cl)CC1=O. The van der Waals surface area contributed by atoms with Crippen LogP contribution in [0.4, 0.5) is 0 Å². The molecule has 72 valence electrons. The molecular weight excluding hydrogens is 196 g/mol. The third-order valence-electron chi connectivity index (χ3n) is 2.66. The van der Waals surface area contributed by atoms with Crippen LogP contribution in [0.3, 0.4) is 0 Å². The van der Waals surface area contributed by atoms with Crippen molar-refractivity contribution in [2.24, 2.45) is 0 Å².